The number of aliphatic hydroxyl groups excluding tert-OH is 1. The zero-order valence-corrected chi connectivity index (χ0v) is 24.6. The highest BCUT2D eigenvalue weighted by Gasteiger charge is 2.36. The molecule has 41 heavy (non-hydrogen) atoms. The van der Waals surface area contributed by atoms with Crippen molar-refractivity contribution in [2.45, 2.75) is 84.2 Å². The largest absolute Gasteiger partial charge is 0.470 e. The van der Waals surface area contributed by atoms with Crippen molar-refractivity contribution >= 4 is 36.5 Å². The molecule has 1 aliphatic rings. The van der Waals surface area contributed by atoms with Crippen molar-refractivity contribution in [2.75, 3.05) is 25.1 Å². The van der Waals surface area contributed by atoms with Crippen molar-refractivity contribution in [3.8, 4) is 0 Å². The van der Waals surface area contributed by atoms with Gasteiger partial charge >= 0.3 is 11.9 Å². The Kier molecular flexibility index (Phi) is 11.4. The van der Waals surface area contributed by atoms with Gasteiger partial charge in [0.15, 0.2) is 11.2 Å². The van der Waals surface area contributed by atoms with Crippen LogP contribution >= 0.6 is 7.44 Å². The summed E-state index contributed by atoms with van der Waals surface area (Å²) in [7, 11) is -3.63. The number of ether oxygens (including phenoxy) is 3. The molecular formula is C24H39N8O8P. The molecule has 0 bridgehead atoms. The van der Waals surface area contributed by atoms with E-state index in [-0.39, 0.29) is 48.7 Å². The zero-order valence-electron chi connectivity index (χ0n) is 23.7. The molecule has 0 unspecified atom stereocenters. The van der Waals surface area contributed by atoms with Gasteiger partial charge in [-0.1, -0.05) is 31.9 Å². The Bertz CT molecular complexity index is 1310. The van der Waals surface area contributed by atoms with Gasteiger partial charge in [0.05, 0.1) is 19.0 Å². The van der Waals surface area contributed by atoms with E-state index in [1.165, 1.54) is 19.9 Å². The predicted octanol–water partition coefficient (Wildman–Crippen LogP) is 1.10. The van der Waals surface area contributed by atoms with E-state index in [4.69, 9.17) is 19.9 Å². The Morgan fingerprint density at radius 3 is 2.32 bits per heavy atom. The molecule has 0 amide bonds. The number of carbonyl (C=O) groups is 2. The van der Waals surface area contributed by atoms with E-state index < -0.39 is 49.4 Å². The van der Waals surface area contributed by atoms with E-state index in [0.29, 0.717) is 12.8 Å². The number of carbonyl (C=O) groups excluding carboxylic acids is 2. The number of anilines is 1. The third kappa shape index (κ3) is 8.58. The fourth-order valence-corrected chi connectivity index (χ4v) is 6.28. The molecule has 228 valence electrons. The lowest BCUT2D eigenvalue weighted by Crippen LogP contribution is -2.42. The van der Waals surface area contributed by atoms with Crippen LogP contribution in [0.5, 0.6) is 0 Å². The van der Waals surface area contributed by atoms with Crippen LogP contribution in [-0.2, 0) is 28.4 Å². The molecule has 0 spiro atoms. The number of nitrogens with two attached hydrogens (primary N) is 1. The molecular weight excluding hydrogens is 559 g/mol. The SMILES string of the molecule is CCCCOC(=O)[C@H](C)NP(=O)(CCC1=C[C@@H](O)[C@H](n2nnc3c(=O)[nH]c(N)nc32)O1)N[C@@H](C)C(=O)OCCCC. The summed E-state index contributed by atoms with van der Waals surface area (Å²) in [5.41, 5.74) is 4.98. The second-order valence-electron chi connectivity index (χ2n) is 9.75. The van der Waals surface area contributed by atoms with E-state index in [0.717, 1.165) is 17.5 Å². The molecule has 6 N–H and O–H groups in total. The van der Waals surface area contributed by atoms with E-state index >= 15 is 0 Å². The van der Waals surface area contributed by atoms with Gasteiger partial charge in [0.2, 0.25) is 19.6 Å². The van der Waals surface area contributed by atoms with Gasteiger partial charge in [-0.2, -0.15) is 9.67 Å². The second kappa shape index (κ2) is 14.5. The summed E-state index contributed by atoms with van der Waals surface area (Å²) in [5, 5.41) is 23.9. The summed E-state index contributed by atoms with van der Waals surface area (Å²) in [5.74, 6) is -1.05. The van der Waals surface area contributed by atoms with Crippen LogP contribution in [0.25, 0.3) is 11.2 Å². The van der Waals surface area contributed by atoms with Gasteiger partial charge < -0.3 is 25.1 Å². The van der Waals surface area contributed by atoms with E-state index in [1.807, 2.05) is 13.8 Å². The molecule has 0 fully saturated rings. The Balaban J connectivity index is 1.72. The van der Waals surface area contributed by atoms with Crippen molar-refractivity contribution in [1.29, 1.82) is 0 Å². The molecule has 2 aromatic heterocycles. The van der Waals surface area contributed by atoms with Crippen LogP contribution in [0.2, 0.25) is 0 Å². The first kappa shape index (κ1) is 32.2. The van der Waals surface area contributed by atoms with Crippen LogP contribution in [0.15, 0.2) is 16.6 Å². The summed E-state index contributed by atoms with van der Waals surface area (Å²) >= 11 is 0. The molecule has 0 saturated carbocycles. The number of allylic oxidation sites excluding steroid dienone is 1. The van der Waals surface area contributed by atoms with Crippen molar-refractivity contribution in [1.82, 2.24) is 35.1 Å². The molecule has 4 atom stereocenters. The summed E-state index contributed by atoms with van der Waals surface area (Å²) < 4.78 is 31.5. The van der Waals surface area contributed by atoms with E-state index in [9.17, 15) is 24.1 Å². The van der Waals surface area contributed by atoms with Gasteiger partial charge in [-0.15, -0.1) is 5.10 Å². The van der Waals surface area contributed by atoms with Crippen LogP contribution in [0, 0.1) is 0 Å². The Labute approximate surface area is 236 Å². The number of nitrogen functional groups attached to an aromatic ring is 1. The number of aromatic nitrogens is 5. The van der Waals surface area contributed by atoms with E-state index in [1.54, 1.807) is 0 Å². The summed E-state index contributed by atoms with van der Waals surface area (Å²) in [6, 6.07) is -1.89. The highest BCUT2D eigenvalue weighted by atomic mass is 31.2. The maximum atomic E-state index is 14.0. The van der Waals surface area contributed by atoms with Crippen molar-refractivity contribution in [2.24, 2.45) is 0 Å². The fraction of sp³-hybridized carbons (Fsp3) is 0.667. The molecule has 3 heterocycles. The van der Waals surface area contributed by atoms with Crippen LogP contribution in [0.4, 0.5) is 5.95 Å². The molecule has 0 radical (unpaired) electrons. The van der Waals surface area contributed by atoms with Crippen LogP contribution in [0.3, 0.4) is 0 Å². The van der Waals surface area contributed by atoms with Crippen molar-refractivity contribution < 1.29 is 33.5 Å². The molecule has 3 rings (SSSR count). The fourth-order valence-electron chi connectivity index (χ4n) is 3.95. The average Bonchev–Trinajstić information content (AvgIpc) is 3.50. The number of nitrogens with zero attached hydrogens (tertiary/aromatic N) is 4. The summed E-state index contributed by atoms with van der Waals surface area (Å²) in [4.78, 5) is 43.4. The second-order valence-corrected chi connectivity index (χ2v) is 12.2. The van der Waals surface area contributed by atoms with Gasteiger partial charge in [0.1, 0.15) is 18.2 Å². The minimum absolute atomic E-state index is 0.0183. The molecule has 1 aliphatic heterocycles. The number of aliphatic hydroxyl groups is 1. The minimum Gasteiger partial charge on any atom is -0.470 e. The van der Waals surface area contributed by atoms with Gasteiger partial charge in [-0.05, 0) is 32.8 Å². The number of H-pyrrole nitrogens is 1. The maximum Gasteiger partial charge on any atom is 0.323 e. The lowest BCUT2D eigenvalue weighted by molar-refractivity contribution is -0.145. The topological polar surface area (TPSA) is 226 Å². The predicted molar refractivity (Wildman–Crippen MR) is 149 cm³/mol. The summed E-state index contributed by atoms with van der Waals surface area (Å²) in [6.45, 7) is 7.45. The van der Waals surface area contributed by atoms with Crippen LogP contribution in [0.1, 0.15) is 66.0 Å². The Morgan fingerprint density at radius 1 is 1.17 bits per heavy atom. The molecule has 16 nitrogen and oxygen atoms in total. The third-order valence-corrected chi connectivity index (χ3v) is 8.65. The first-order valence-electron chi connectivity index (χ1n) is 13.6. The Morgan fingerprint density at radius 2 is 1.76 bits per heavy atom. The molecule has 2 aromatic rings. The molecule has 0 aliphatic carbocycles. The molecule has 0 aromatic carbocycles. The number of nitrogens with one attached hydrogen (secondary N) is 3. The van der Waals surface area contributed by atoms with Gasteiger partial charge in [-0.25, -0.2) is 10.2 Å². The van der Waals surface area contributed by atoms with Gasteiger partial charge in [0.25, 0.3) is 5.56 Å². The first-order chi connectivity index (χ1) is 19.5. The minimum atomic E-state index is -3.63. The number of fused-ring (bicyclic) bond motifs is 1. The molecule has 17 heteroatoms. The van der Waals surface area contributed by atoms with Crippen molar-refractivity contribution in [3.05, 3.63) is 22.2 Å². The smallest absolute Gasteiger partial charge is 0.323 e. The zero-order chi connectivity index (χ0) is 30.2. The lowest BCUT2D eigenvalue weighted by Gasteiger charge is -2.26. The standard InChI is InChI=1S/C24H39N8O8P/c1-5-7-10-38-22(35)14(3)29-41(37,30-15(4)23(36)39-11-8-6-2)12-9-16-13-17(33)21(40-16)32-19-18(28-31-32)20(34)27-24(25)26-19/h13-15,17,21,33H,5-12H2,1-4H3,(H2,29,30,37)(H3,25,26,27,34)/t14-,15-,17+,21+/m0/s1. The number of rotatable bonds is 16. The maximum absolute atomic E-state index is 14.0. The third-order valence-electron chi connectivity index (χ3n) is 6.18. The van der Waals surface area contributed by atoms with Crippen molar-refractivity contribution in [3.63, 3.8) is 0 Å². The van der Waals surface area contributed by atoms with Gasteiger partial charge in [0, 0.05) is 12.6 Å². The average molecular weight is 599 g/mol. The highest BCUT2D eigenvalue weighted by Crippen LogP contribution is 2.41. The Hall–Kier alpha value is -3.33. The van der Waals surface area contributed by atoms with Gasteiger partial charge in [-0.3, -0.25) is 23.9 Å². The number of hydrogen-bond acceptors (Lipinski definition) is 12. The quantitative estimate of drug-likeness (QED) is 0.104. The first-order valence-corrected chi connectivity index (χ1v) is 15.5. The number of aromatic amines is 1. The van der Waals surface area contributed by atoms with E-state index in [2.05, 4.69) is 30.5 Å². The number of esters is 2. The normalized spacial score (nSPS) is 18.5. The van der Waals surface area contributed by atoms with Crippen LogP contribution < -0.4 is 21.5 Å². The molecule has 0 saturated heterocycles. The summed E-state index contributed by atoms with van der Waals surface area (Å²) in [6.07, 6.45) is 2.13. The van der Waals surface area contributed by atoms with Crippen LogP contribution in [-0.4, -0.2) is 79.6 Å². The highest BCUT2D eigenvalue weighted by molar-refractivity contribution is 7.59. The lowest BCUT2D eigenvalue weighted by atomic mass is 10.3. The number of hydrogen-bond donors (Lipinski definition) is 5. The number of unbranched alkanes of at least 4 members (excludes halogenated alkanes) is 2. The monoisotopic (exact) mass is 598 g/mol.